The molecule has 1 aromatic rings. The first kappa shape index (κ1) is 36.1. The van der Waals surface area contributed by atoms with Crippen LogP contribution in [0.25, 0.3) is 0 Å². The summed E-state index contributed by atoms with van der Waals surface area (Å²) in [6, 6.07) is 0. The molecule has 0 heterocycles. The zero-order valence-electron chi connectivity index (χ0n) is 25.3. The first-order valence-corrected chi connectivity index (χ1v) is 18.8. The molecule has 0 radical (unpaired) electrons. The molecule has 7 heteroatoms. The molecule has 0 bridgehead atoms. The van der Waals surface area contributed by atoms with Crippen molar-refractivity contribution < 1.29 is 26.5 Å². The second-order valence-corrected chi connectivity index (χ2v) is 17.8. The van der Waals surface area contributed by atoms with Crippen molar-refractivity contribution in [2.24, 2.45) is 0 Å². The molecule has 0 amide bonds. The van der Waals surface area contributed by atoms with Gasteiger partial charge in [-0.05, 0) is 0 Å². The Morgan fingerprint density at radius 1 is 0.410 bits per heavy atom. The van der Waals surface area contributed by atoms with Gasteiger partial charge in [-0.3, -0.25) is 0 Å². The van der Waals surface area contributed by atoms with E-state index in [1.54, 1.807) is 0 Å². The van der Waals surface area contributed by atoms with Crippen molar-refractivity contribution in [3.05, 3.63) is 29.1 Å². The van der Waals surface area contributed by atoms with Gasteiger partial charge in [0.2, 0.25) is 0 Å². The Morgan fingerprint density at radius 2 is 0.692 bits per heavy atom. The molecule has 39 heavy (non-hydrogen) atoms. The molecule has 0 aliphatic heterocycles. The van der Waals surface area contributed by atoms with E-state index in [0.717, 1.165) is 25.7 Å². The standard InChI is InChI=1S/C32H56F5OP/c1-5-9-10-11-12-13-14-15-16-17-18-19-20-21-22-23-24-25-26-39(6-2,7-3,8-4)38-32-30(36)28(34)27(33)29(35)31(32)37/h5-26H2,1-4H3. The molecule has 0 fully saturated rings. The van der Waals surface area contributed by atoms with E-state index in [4.69, 9.17) is 4.52 Å². The Labute approximate surface area is 236 Å². The van der Waals surface area contributed by atoms with Crippen LogP contribution in [0, 0.1) is 29.1 Å². The van der Waals surface area contributed by atoms with E-state index in [1.807, 2.05) is 20.8 Å². The Balaban J connectivity index is 2.33. The number of hydrogen-bond donors (Lipinski definition) is 0. The van der Waals surface area contributed by atoms with Crippen molar-refractivity contribution in [2.45, 2.75) is 143 Å². The first-order valence-electron chi connectivity index (χ1n) is 15.9. The van der Waals surface area contributed by atoms with Crippen molar-refractivity contribution in [3.63, 3.8) is 0 Å². The third-order valence-corrected chi connectivity index (χ3v) is 15.9. The molecule has 0 saturated carbocycles. The van der Waals surface area contributed by atoms with E-state index in [9.17, 15) is 22.0 Å². The van der Waals surface area contributed by atoms with E-state index in [0.29, 0.717) is 24.6 Å². The van der Waals surface area contributed by atoms with Crippen molar-refractivity contribution in [3.8, 4) is 5.75 Å². The normalized spacial score (nSPS) is 13.0. The van der Waals surface area contributed by atoms with Crippen LogP contribution in [0.4, 0.5) is 22.0 Å². The van der Waals surface area contributed by atoms with Crippen LogP contribution in [-0.2, 0) is 0 Å². The summed E-state index contributed by atoms with van der Waals surface area (Å²) >= 11 is 0. The van der Waals surface area contributed by atoms with Crippen LogP contribution in [-0.4, -0.2) is 24.6 Å². The van der Waals surface area contributed by atoms with Gasteiger partial charge in [0.15, 0.2) is 0 Å². The van der Waals surface area contributed by atoms with Crippen LogP contribution in [0.15, 0.2) is 0 Å². The van der Waals surface area contributed by atoms with E-state index >= 15 is 0 Å². The van der Waals surface area contributed by atoms with E-state index in [1.165, 1.54) is 89.9 Å². The Kier molecular flexibility index (Phi) is 17.8. The summed E-state index contributed by atoms with van der Waals surface area (Å²) in [7, 11) is 0. The molecular weight excluding hydrogens is 526 g/mol. The summed E-state index contributed by atoms with van der Waals surface area (Å²) in [6.07, 6.45) is 25.2. The van der Waals surface area contributed by atoms with E-state index < -0.39 is 41.7 Å². The van der Waals surface area contributed by atoms with Crippen LogP contribution in [0.5, 0.6) is 5.75 Å². The maximum atomic E-state index is 14.4. The quantitative estimate of drug-likeness (QED) is 0.0387. The number of rotatable bonds is 24. The van der Waals surface area contributed by atoms with Crippen molar-refractivity contribution >= 4 is 6.83 Å². The summed E-state index contributed by atoms with van der Waals surface area (Å²) < 4.78 is 76.0. The van der Waals surface area contributed by atoms with Crippen molar-refractivity contribution in [1.82, 2.24) is 0 Å². The predicted molar refractivity (Wildman–Crippen MR) is 159 cm³/mol. The summed E-state index contributed by atoms with van der Waals surface area (Å²) in [5.74, 6) is -10.9. The number of halogens is 5. The number of unbranched alkanes of at least 4 members (excludes halogenated alkanes) is 17. The van der Waals surface area contributed by atoms with Gasteiger partial charge in [0.1, 0.15) is 0 Å². The average molecular weight is 583 g/mol. The van der Waals surface area contributed by atoms with Gasteiger partial charge >= 0.3 is 184 Å². The predicted octanol–water partition coefficient (Wildman–Crippen LogP) is 12.3. The SMILES string of the molecule is CCCCCCCCCCCCCCCCCCCCP(CC)(CC)(CC)Oc1c(F)c(F)c(F)c(F)c1F. The summed E-state index contributed by atoms with van der Waals surface area (Å²) in [4.78, 5) is 0. The van der Waals surface area contributed by atoms with Crippen molar-refractivity contribution in [2.75, 3.05) is 24.6 Å². The molecule has 0 N–H and O–H groups in total. The fourth-order valence-corrected chi connectivity index (χ4v) is 10.2. The Morgan fingerprint density at radius 3 is 1.00 bits per heavy atom. The zero-order chi connectivity index (χ0) is 29.2. The third kappa shape index (κ3) is 11.5. The zero-order valence-corrected chi connectivity index (χ0v) is 26.2. The second-order valence-electron chi connectivity index (χ2n) is 11.5. The molecule has 1 aromatic carbocycles. The molecule has 0 aliphatic rings. The average Bonchev–Trinajstić information content (AvgIpc) is 2.96. The van der Waals surface area contributed by atoms with Gasteiger partial charge < -0.3 is 0 Å². The summed E-state index contributed by atoms with van der Waals surface area (Å²) in [6.45, 7) is 4.81. The number of hydrogen-bond acceptors (Lipinski definition) is 1. The topological polar surface area (TPSA) is 9.23 Å². The van der Waals surface area contributed by atoms with Gasteiger partial charge in [-0.1, -0.05) is 51.9 Å². The van der Waals surface area contributed by atoms with Gasteiger partial charge in [-0.25, -0.2) is 0 Å². The van der Waals surface area contributed by atoms with Crippen molar-refractivity contribution in [1.29, 1.82) is 0 Å². The molecule has 230 valence electrons. The van der Waals surface area contributed by atoms with Crippen LogP contribution in [0.2, 0.25) is 0 Å². The Bertz CT molecular complexity index is 772. The molecular formula is C32H56F5OP. The van der Waals surface area contributed by atoms with Gasteiger partial charge in [0.05, 0.1) is 0 Å². The second kappa shape index (κ2) is 19.3. The number of benzene rings is 1. The molecule has 0 atom stereocenters. The minimum absolute atomic E-state index is 0.539. The minimum atomic E-state index is -3.17. The third-order valence-electron chi connectivity index (χ3n) is 9.00. The molecule has 0 spiro atoms. The van der Waals surface area contributed by atoms with Crippen LogP contribution < -0.4 is 4.52 Å². The van der Waals surface area contributed by atoms with E-state index in [-0.39, 0.29) is 0 Å². The van der Waals surface area contributed by atoms with Crippen LogP contribution in [0.1, 0.15) is 143 Å². The summed E-state index contributed by atoms with van der Waals surface area (Å²) in [5, 5.41) is 0. The molecule has 0 aromatic heterocycles. The molecule has 0 aliphatic carbocycles. The van der Waals surface area contributed by atoms with Gasteiger partial charge in [-0.15, -0.1) is 0 Å². The van der Waals surface area contributed by atoms with Crippen LogP contribution >= 0.6 is 6.83 Å². The molecule has 1 rings (SSSR count). The monoisotopic (exact) mass is 582 g/mol. The van der Waals surface area contributed by atoms with E-state index in [2.05, 4.69) is 6.92 Å². The fourth-order valence-electron chi connectivity index (χ4n) is 5.72. The first-order chi connectivity index (χ1) is 18.7. The van der Waals surface area contributed by atoms with Gasteiger partial charge in [0, 0.05) is 0 Å². The molecule has 0 saturated heterocycles. The molecule has 0 unspecified atom stereocenters. The van der Waals surface area contributed by atoms with Gasteiger partial charge in [0.25, 0.3) is 0 Å². The van der Waals surface area contributed by atoms with Gasteiger partial charge in [-0.2, -0.15) is 0 Å². The maximum absolute atomic E-state index is 14.4. The Hall–Kier alpha value is -0.900. The summed E-state index contributed by atoms with van der Waals surface area (Å²) in [5.41, 5.74) is 0. The molecule has 1 nitrogen and oxygen atoms in total. The fraction of sp³-hybridized carbons (Fsp3) is 0.812. The van der Waals surface area contributed by atoms with Crippen LogP contribution in [0.3, 0.4) is 0 Å².